The van der Waals surface area contributed by atoms with E-state index in [1.54, 1.807) is 12.1 Å². The summed E-state index contributed by atoms with van der Waals surface area (Å²) in [6, 6.07) is 10.7. The van der Waals surface area contributed by atoms with Crippen molar-refractivity contribution in [2.75, 3.05) is 5.32 Å². The molecule has 1 N–H and O–H groups in total. The number of aliphatic carboxylic acids is 1. The highest BCUT2D eigenvalue weighted by Gasteiger charge is 2.17. The first-order valence-electron chi connectivity index (χ1n) is 6.84. The van der Waals surface area contributed by atoms with Crippen molar-refractivity contribution in [3.05, 3.63) is 75.8 Å². The normalized spacial score (nSPS) is 11.1. The molecule has 7 heteroatoms. The largest absolute Gasteiger partial charge is 0.548 e. The lowest BCUT2D eigenvalue weighted by Crippen LogP contribution is -2.34. The van der Waals surface area contributed by atoms with Gasteiger partial charge in [0.1, 0.15) is 0 Å². The van der Waals surface area contributed by atoms with Gasteiger partial charge in [-0.25, -0.2) is 0 Å². The number of anilines is 1. The molecule has 2 rings (SSSR count). The molecule has 2 aromatic carbocycles. The van der Waals surface area contributed by atoms with Crippen molar-refractivity contribution in [2.45, 2.75) is 6.04 Å². The van der Waals surface area contributed by atoms with Gasteiger partial charge >= 0.3 is 0 Å². The first-order chi connectivity index (χ1) is 11.4. The molecule has 0 aliphatic rings. The number of carboxylic acids is 1. The van der Waals surface area contributed by atoms with Gasteiger partial charge in [-0.2, -0.15) is 5.26 Å². The quantitative estimate of drug-likeness (QED) is 0.642. The van der Waals surface area contributed by atoms with Crippen LogP contribution < -0.4 is 10.4 Å². The molecule has 2 aromatic rings. The van der Waals surface area contributed by atoms with Gasteiger partial charge in [-0.1, -0.05) is 12.7 Å². The van der Waals surface area contributed by atoms with Gasteiger partial charge in [0.2, 0.25) is 0 Å². The molecule has 0 radical (unpaired) electrons. The average Bonchev–Trinajstić information content (AvgIpc) is 2.59. The molecule has 0 aliphatic heterocycles. The third-order valence-corrected chi connectivity index (χ3v) is 3.30. The Balaban J connectivity index is 2.41. The molecule has 1 atom stereocenters. The van der Waals surface area contributed by atoms with Crippen LogP contribution in [-0.4, -0.2) is 10.9 Å². The van der Waals surface area contributed by atoms with E-state index in [9.17, 15) is 20.0 Å². The van der Waals surface area contributed by atoms with Crippen LogP contribution in [0.3, 0.4) is 0 Å². The van der Waals surface area contributed by atoms with Crippen molar-refractivity contribution < 1.29 is 14.8 Å². The second kappa shape index (κ2) is 7.07. The lowest BCUT2D eigenvalue weighted by atomic mass is 10.0. The number of carboxylic acid groups (broad SMARTS) is 1. The van der Waals surface area contributed by atoms with Crippen molar-refractivity contribution in [1.82, 2.24) is 0 Å². The predicted molar refractivity (Wildman–Crippen MR) is 85.7 cm³/mol. The van der Waals surface area contributed by atoms with Gasteiger partial charge in [0.15, 0.2) is 0 Å². The maximum atomic E-state index is 11.5. The Kier molecular flexibility index (Phi) is 4.92. The van der Waals surface area contributed by atoms with Crippen molar-refractivity contribution in [2.24, 2.45) is 0 Å². The molecule has 0 saturated carbocycles. The minimum Gasteiger partial charge on any atom is -0.548 e. The molecule has 120 valence electrons. The second-order valence-electron chi connectivity index (χ2n) is 4.90. The van der Waals surface area contributed by atoms with E-state index in [-0.39, 0.29) is 11.3 Å². The number of nitrogens with zero attached hydrogens (tertiary/aromatic N) is 2. The number of benzene rings is 2. The highest BCUT2D eigenvalue weighted by atomic mass is 16.6. The van der Waals surface area contributed by atoms with Crippen molar-refractivity contribution >= 4 is 23.4 Å². The van der Waals surface area contributed by atoms with Crippen LogP contribution in [0, 0.1) is 21.4 Å². The lowest BCUT2D eigenvalue weighted by molar-refractivity contribution is -0.384. The molecule has 0 amide bonds. The van der Waals surface area contributed by atoms with Crippen LogP contribution in [0.15, 0.2) is 49.0 Å². The number of non-ortho nitro benzene ring substituents is 1. The zero-order valence-electron chi connectivity index (χ0n) is 12.4. The first-order valence-corrected chi connectivity index (χ1v) is 6.84. The third-order valence-electron chi connectivity index (χ3n) is 3.30. The van der Waals surface area contributed by atoms with Crippen LogP contribution in [-0.2, 0) is 4.79 Å². The Labute approximate surface area is 137 Å². The molecule has 24 heavy (non-hydrogen) atoms. The van der Waals surface area contributed by atoms with E-state index in [1.807, 2.05) is 6.07 Å². The molecule has 1 unspecified atom stereocenters. The molecule has 0 saturated heterocycles. The minimum absolute atomic E-state index is 0.170. The summed E-state index contributed by atoms with van der Waals surface area (Å²) in [6.45, 7) is 3.54. The molecule has 0 fully saturated rings. The van der Waals surface area contributed by atoms with E-state index < -0.39 is 16.9 Å². The highest BCUT2D eigenvalue weighted by molar-refractivity contribution is 5.78. The number of hydrogen-bond acceptors (Lipinski definition) is 6. The van der Waals surface area contributed by atoms with Crippen LogP contribution in [0.1, 0.15) is 22.7 Å². The van der Waals surface area contributed by atoms with Gasteiger partial charge in [0.05, 0.1) is 28.6 Å². The summed E-state index contributed by atoms with van der Waals surface area (Å²) in [7, 11) is 0. The maximum absolute atomic E-state index is 11.5. The van der Waals surface area contributed by atoms with Crippen molar-refractivity contribution in [3.63, 3.8) is 0 Å². The van der Waals surface area contributed by atoms with Crippen molar-refractivity contribution in [1.29, 1.82) is 5.26 Å². The number of carbonyl (C=O) groups excluding carboxylic acids is 1. The van der Waals surface area contributed by atoms with E-state index in [0.717, 1.165) is 0 Å². The Hall–Kier alpha value is -3.66. The first kappa shape index (κ1) is 16.7. The summed E-state index contributed by atoms with van der Waals surface area (Å²) in [6.07, 6.45) is 1.39. The molecule has 0 heterocycles. The lowest BCUT2D eigenvalue weighted by Gasteiger charge is -2.21. The van der Waals surface area contributed by atoms with Gasteiger partial charge < -0.3 is 15.2 Å². The molecule has 0 aliphatic carbocycles. The summed E-state index contributed by atoms with van der Waals surface area (Å²) in [5.74, 6) is -1.44. The molecule has 7 nitrogen and oxygen atoms in total. The van der Waals surface area contributed by atoms with E-state index in [2.05, 4.69) is 11.9 Å². The van der Waals surface area contributed by atoms with Gasteiger partial charge in [-0.3, -0.25) is 10.1 Å². The van der Waals surface area contributed by atoms with Crippen LogP contribution in [0.25, 0.3) is 6.08 Å². The zero-order chi connectivity index (χ0) is 17.7. The number of nitro groups is 1. The summed E-state index contributed by atoms with van der Waals surface area (Å²) >= 11 is 0. The highest BCUT2D eigenvalue weighted by Crippen LogP contribution is 2.25. The fourth-order valence-corrected chi connectivity index (χ4v) is 2.13. The number of nitrogens with one attached hydrogen (secondary N) is 1. The summed E-state index contributed by atoms with van der Waals surface area (Å²) < 4.78 is 0. The standard InChI is InChI=1S/C17H13N3O4/c1-2-11-7-13(9-15(8-11)20(23)24)16(17(21)22)19-14-5-3-12(10-18)4-6-14/h2-9,16,19H,1H2,(H,21,22)/p-1. The Morgan fingerprint density at radius 3 is 2.46 bits per heavy atom. The monoisotopic (exact) mass is 322 g/mol. The van der Waals surface area contributed by atoms with Crippen LogP contribution in [0.2, 0.25) is 0 Å². The fourth-order valence-electron chi connectivity index (χ4n) is 2.13. The summed E-state index contributed by atoms with van der Waals surface area (Å²) in [5, 5.41) is 34.0. The summed E-state index contributed by atoms with van der Waals surface area (Å²) in [5.41, 5.74) is 1.22. The van der Waals surface area contributed by atoms with E-state index in [4.69, 9.17) is 5.26 Å². The molecule has 0 spiro atoms. The topological polar surface area (TPSA) is 119 Å². The number of hydrogen-bond donors (Lipinski definition) is 1. The Bertz CT molecular complexity index is 838. The van der Waals surface area contributed by atoms with E-state index >= 15 is 0 Å². The Morgan fingerprint density at radius 2 is 1.96 bits per heavy atom. The van der Waals surface area contributed by atoms with Gasteiger partial charge in [-0.05, 0) is 41.5 Å². The number of nitriles is 1. The maximum Gasteiger partial charge on any atom is 0.270 e. The molecular weight excluding hydrogens is 310 g/mol. The van der Waals surface area contributed by atoms with Gasteiger partial charge in [0, 0.05) is 17.8 Å². The third kappa shape index (κ3) is 3.75. The predicted octanol–water partition coefficient (Wildman–Crippen LogP) is 2.01. The molecule has 0 bridgehead atoms. The van der Waals surface area contributed by atoms with E-state index in [1.165, 1.54) is 36.4 Å². The van der Waals surface area contributed by atoms with Gasteiger partial charge in [-0.15, -0.1) is 0 Å². The van der Waals surface area contributed by atoms with E-state index in [0.29, 0.717) is 16.8 Å². The second-order valence-corrected chi connectivity index (χ2v) is 4.90. The minimum atomic E-state index is -1.44. The number of rotatable bonds is 6. The van der Waals surface area contributed by atoms with Crippen LogP contribution in [0.4, 0.5) is 11.4 Å². The smallest absolute Gasteiger partial charge is 0.270 e. The Morgan fingerprint density at radius 1 is 1.29 bits per heavy atom. The SMILES string of the molecule is C=Cc1cc(C(Nc2ccc(C#N)cc2)C(=O)[O-])cc([N+](=O)[O-])c1. The fraction of sp³-hybridized carbons (Fsp3) is 0.0588. The zero-order valence-corrected chi connectivity index (χ0v) is 12.4. The van der Waals surface area contributed by atoms with Gasteiger partial charge in [0.25, 0.3) is 5.69 Å². The number of carbonyl (C=O) groups is 1. The van der Waals surface area contributed by atoms with Crippen LogP contribution in [0.5, 0.6) is 0 Å². The summed E-state index contributed by atoms with van der Waals surface area (Å²) in [4.78, 5) is 21.9. The van der Waals surface area contributed by atoms with Crippen LogP contribution >= 0.6 is 0 Å². The molecule has 0 aromatic heterocycles. The molecular formula is C17H12N3O4-. The number of nitro benzene ring substituents is 1. The average molecular weight is 322 g/mol. The van der Waals surface area contributed by atoms with Crippen molar-refractivity contribution in [3.8, 4) is 6.07 Å².